The lowest BCUT2D eigenvalue weighted by atomic mass is 10.2. The van der Waals surface area contributed by atoms with Crippen LogP contribution in [0.5, 0.6) is 0 Å². The number of halogens is 2. The minimum absolute atomic E-state index is 0.0274. The third-order valence-electron chi connectivity index (χ3n) is 3.05. The number of nitrogens with zero attached hydrogens (tertiary/aromatic N) is 1. The lowest BCUT2D eigenvalue weighted by Crippen LogP contribution is -2.38. The zero-order chi connectivity index (χ0) is 13.8. The summed E-state index contributed by atoms with van der Waals surface area (Å²) in [5.74, 6) is -0.503. The summed E-state index contributed by atoms with van der Waals surface area (Å²) in [5, 5.41) is 3.11. The van der Waals surface area contributed by atoms with Crippen molar-refractivity contribution in [3.8, 4) is 0 Å². The van der Waals surface area contributed by atoms with Crippen LogP contribution >= 0.6 is 23.2 Å². The van der Waals surface area contributed by atoms with Crippen molar-refractivity contribution in [2.24, 2.45) is 0 Å². The molecule has 1 aromatic rings. The van der Waals surface area contributed by atoms with E-state index < -0.39 is 5.91 Å². The van der Waals surface area contributed by atoms with E-state index in [4.69, 9.17) is 23.2 Å². The molecule has 4 nitrogen and oxygen atoms in total. The number of rotatable bonds is 3. The van der Waals surface area contributed by atoms with E-state index in [-0.39, 0.29) is 28.1 Å². The molecule has 6 heteroatoms. The normalized spacial score (nSPS) is 14.5. The predicted octanol–water partition coefficient (Wildman–Crippen LogP) is 2.35. The number of nitrogens with one attached hydrogen (secondary N) is 1. The van der Waals surface area contributed by atoms with Crippen LogP contribution in [0.25, 0.3) is 0 Å². The lowest BCUT2D eigenvalue weighted by Gasteiger charge is -2.15. The van der Waals surface area contributed by atoms with E-state index in [0.29, 0.717) is 0 Å². The van der Waals surface area contributed by atoms with Crippen LogP contribution in [-0.2, 0) is 4.79 Å². The monoisotopic (exact) mass is 300 g/mol. The van der Waals surface area contributed by atoms with Crippen molar-refractivity contribution in [1.29, 1.82) is 0 Å². The van der Waals surface area contributed by atoms with Crippen LogP contribution in [0, 0.1) is 0 Å². The largest absolute Gasteiger partial charge is 0.343 e. The van der Waals surface area contributed by atoms with Gasteiger partial charge in [0.1, 0.15) is 0 Å². The maximum Gasteiger partial charge on any atom is 0.254 e. The van der Waals surface area contributed by atoms with Gasteiger partial charge in [0.25, 0.3) is 5.91 Å². The van der Waals surface area contributed by atoms with Crippen molar-refractivity contribution in [1.82, 2.24) is 10.2 Å². The molecule has 2 amide bonds. The van der Waals surface area contributed by atoms with E-state index in [1.807, 2.05) is 0 Å². The van der Waals surface area contributed by atoms with E-state index in [9.17, 15) is 9.59 Å². The highest BCUT2D eigenvalue weighted by molar-refractivity contribution is 6.39. The van der Waals surface area contributed by atoms with Crippen molar-refractivity contribution in [2.75, 3.05) is 19.6 Å². The molecule has 1 N–H and O–H groups in total. The number of likely N-dealkylation sites (tertiary alicyclic amines) is 1. The summed E-state index contributed by atoms with van der Waals surface area (Å²) in [6.45, 7) is 1.50. The number of hydrogen-bond donors (Lipinski definition) is 1. The molecule has 0 unspecified atom stereocenters. The van der Waals surface area contributed by atoms with Crippen molar-refractivity contribution in [3.05, 3.63) is 33.8 Å². The van der Waals surface area contributed by atoms with Crippen LogP contribution in [0.4, 0.5) is 0 Å². The molecule has 0 bridgehead atoms. The zero-order valence-corrected chi connectivity index (χ0v) is 11.8. The Morgan fingerprint density at radius 3 is 2.32 bits per heavy atom. The maximum atomic E-state index is 12.0. The van der Waals surface area contributed by atoms with Gasteiger partial charge in [-0.1, -0.05) is 29.3 Å². The first kappa shape index (κ1) is 14.2. The second-order valence-electron chi connectivity index (χ2n) is 4.37. The first-order valence-corrected chi connectivity index (χ1v) is 6.85. The summed E-state index contributed by atoms with van der Waals surface area (Å²) in [6, 6.07) is 4.84. The average Bonchev–Trinajstić information content (AvgIpc) is 2.89. The molecule has 1 saturated heterocycles. The third-order valence-corrected chi connectivity index (χ3v) is 3.68. The van der Waals surface area contributed by atoms with Gasteiger partial charge in [0.05, 0.1) is 22.2 Å². The van der Waals surface area contributed by atoms with Gasteiger partial charge in [0.15, 0.2) is 0 Å². The van der Waals surface area contributed by atoms with E-state index in [1.54, 1.807) is 23.1 Å². The summed E-state index contributed by atoms with van der Waals surface area (Å²) in [7, 11) is 0. The molecular formula is C13H14Cl2N2O2. The molecule has 19 heavy (non-hydrogen) atoms. The highest BCUT2D eigenvalue weighted by atomic mass is 35.5. The highest BCUT2D eigenvalue weighted by Gasteiger charge is 2.20. The van der Waals surface area contributed by atoms with Crippen molar-refractivity contribution >= 4 is 35.0 Å². The Kier molecular flexibility index (Phi) is 4.66. The molecule has 1 aliphatic heterocycles. The Labute approximate surface area is 121 Å². The Morgan fingerprint density at radius 2 is 1.74 bits per heavy atom. The summed E-state index contributed by atoms with van der Waals surface area (Å²) in [5.41, 5.74) is 0.208. The van der Waals surface area contributed by atoms with Crippen LogP contribution in [-0.4, -0.2) is 36.3 Å². The predicted molar refractivity (Wildman–Crippen MR) is 74.6 cm³/mol. The number of amides is 2. The fourth-order valence-corrected chi connectivity index (χ4v) is 2.61. The number of carbonyl (C=O) groups is 2. The van der Waals surface area contributed by atoms with Crippen LogP contribution < -0.4 is 5.32 Å². The molecule has 1 fully saturated rings. The number of benzene rings is 1. The van der Waals surface area contributed by atoms with E-state index in [1.165, 1.54) is 0 Å². The van der Waals surface area contributed by atoms with Gasteiger partial charge in [-0.25, -0.2) is 0 Å². The summed E-state index contributed by atoms with van der Waals surface area (Å²) >= 11 is 11.9. The Balaban J connectivity index is 1.96. The molecular weight excluding hydrogens is 287 g/mol. The molecule has 102 valence electrons. The number of hydrogen-bond acceptors (Lipinski definition) is 2. The highest BCUT2D eigenvalue weighted by Crippen LogP contribution is 2.23. The Morgan fingerprint density at radius 1 is 1.16 bits per heavy atom. The Bertz CT molecular complexity index is 479. The topological polar surface area (TPSA) is 49.4 Å². The molecule has 0 saturated carbocycles. The molecule has 0 radical (unpaired) electrons. The van der Waals surface area contributed by atoms with Gasteiger partial charge in [-0.05, 0) is 25.0 Å². The second-order valence-corrected chi connectivity index (χ2v) is 5.18. The number of carbonyl (C=O) groups excluding carboxylic acids is 2. The SMILES string of the molecule is O=C(NCC(=O)N1CCCC1)c1c(Cl)cccc1Cl. The molecule has 1 aliphatic rings. The van der Waals surface area contributed by atoms with E-state index >= 15 is 0 Å². The minimum Gasteiger partial charge on any atom is -0.343 e. The quantitative estimate of drug-likeness (QED) is 0.931. The van der Waals surface area contributed by atoms with Crippen LogP contribution in [0.3, 0.4) is 0 Å². The van der Waals surface area contributed by atoms with Gasteiger partial charge in [-0.3, -0.25) is 9.59 Å². The summed E-state index contributed by atoms with van der Waals surface area (Å²) < 4.78 is 0. The first-order valence-electron chi connectivity index (χ1n) is 6.09. The fraction of sp³-hybridized carbons (Fsp3) is 0.385. The van der Waals surface area contributed by atoms with Crippen LogP contribution in [0.1, 0.15) is 23.2 Å². The van der Waals surface area contributed by atoms with E-state index in [0.717, 1.165) is 25.9 Å². The van der Waals surface area contributed by atoms with Crippen LogP contribution in [0.15, 0.2) is 18.2 Å². The van der Waals surface area contributed by atoms with E-state index in [2.05, 4.69) is 5.32 Å². The Hall–Kier alpha value is -1.26. The van der Waals surface area contributed by atoms with Crippen molar-refractivity contribution < 1.29 is 9.59 Å². The molecule has 0 spiro atoms. The lowest BCUT2D eigenvalue weighted by molar-refractivity contribution is -0.129. The molecule has 1 heterocycles. The zero-order valence-electron chi connectivity index (χ0n) is 10.3. The second kappa shape index (κ2) is 6.26. The van der Waals surface area contributed by atoms with Gasteiger partial charge in [0.2, 0.25) is 5.91 Å². The van der Waals surface area contributed by atoms with Gasteiger partial charge < -0.3 is 10.2 Å². The summed E-state index contributed by atoms with van der Waals surface area (Å²) in [4.78, 5) is 25.5. The third kappa shape index (κ3) is 3.39. The first-order chi connectivity index (χ1) is 9.09. The molecule has 0 aromatic heterocycles. The van der Waals surface area contributed by atoms with Gasteiger partial charge in [-0.15, -0.1) is 0 Å². The van der Waals surface area contributed by atoms with Gasteiger partial charge >= 0.3 is 0 Å². The maximum absolute atomic E-state index is 12.0. The molecule has 1 aromatic carbocycles. The van der Waals surface area contributed by atoms with Gasteiger partial charge in [0, 0.05) is 13.1 Å². The summed E-state index contributed by atoms with van der Waals surface area (Å²) in [6.07, 6.45) is 2.05. The average molecular weight is 301 g/mol. The van der Waals surface area contributed by atoms with Crippen molar-refractivity contribution in [3.63, 3.8) is 0 Å². The fourth-order valence-electron chi connectivity index (χ4n) is 2.04. The molecule has 2 rings (SSSR count). The molecule has 0 atom stereocenters. The van der Waals surface area contributed by atoms with Gasteiger partial charge in [-0.2, -0.15) is 0 Å². The molecule has 0 aliphatic carbocycles. The minimum atomic E-state index is -0.428. The van der Waals surface area contributed by atoms with Crippen LogP contribution in [0.2, 0.25) is 10.0 Å². The smallest absolute Gasteiger partial charge is 0.254 e. The van der Waals surface area contributed by atoms with Crippen molar-refractivity contribution in [2.45, 2.75) is 12.8 Å². The standard InChI is InChI=1S/C13H14Cl2N2O2/c14-9-4-3-5-10(15)12(9)13(19)16-8-11(18)17-6-1-2-7-17/h3-5H,1-2,6-8H2,(H,16,19).